The van der Waals surface area contributed by atoms with Gasteiger partial charge in [0, 0.05) is 31.0 Å². The van der Waals surface area contributed by atoms with Crippen molar-refractivity contribution in [1.82, 2.24) is 4.72 Å². The van der Waals surface area contributed by atoms with Crippen LogP contribution < -0.4 is 4.72 Å². The molecule has 0 spiro atoms. The van der Waals surface area contributed by atoms with Gasteiger partial charge in [-0.3, -0.25) is 0 Å². The average molecular weight is 434 g/mol. The van der Waals surface area contributed by atoms with Crippen LogP contribution in [0.5, 0.6) is 0 Å². The van der Waals surface area contributed by atoms with Crippen LogP contribution in [0.3, 0.4) is 0 Å². The van der Waals surface area contributed by atoms with Gasteiger partial charge in [-0.05, 0) is 51.7 Å². The van der Waals surface area contributed by atoms with Crippen molar-refractivity contribution in [2.45, 2.75) is 95.9 Å². The molecule has 2 atom stereocenters. The van der Waals surface area contributed by atoms with Crippen molar-refractivity contribution in [2.75, 3.05) is 19.8 Å². The average Bonchev–Trinajstić information content (AvgIpc) is 2.44. The number of nitrogens with one attached hydrogen (secondary N) is 1. The minimum absolute atomic E-state index is 0.0952. The zero-order valence-electron chi connectivity index (χ0n) is 18.1. The SMILES string of the molecule is CC(C)(C)[S@@+]([O-])N[C@@H](CCC(F)(F)F)COCCCO[Si](C)(C)C(C)(C)C. The Balaban J connectivity index is 4.36. The van der Waals surface area contributed by atoms with Crippen LogP contribution in [-0.2, 0) is 20.5 Å². The molecule has 1 N–H and O–H groups in total. The Kier molecular flexibility index (Phi) is 10.9. The van der Waals surface area contributed by atoms with E-state index < -0.39 is 43.1 Å². The molecule has 0 unspecified atom stereocenters. The third-order valence-corrected chi connectivity index (χ3v) is 10.8. The molecule has 0 aliphatic heterocycles. The van der Waals surface area contributed by atoms with Crippen molar-refractivity contribution >= 4 is 19.7 Å². The number of halogens is 3. The van der Waals surface area contributed by atoms with Crippen molar-refractivity contribution < 1.29 is 26.9 Å². The molecule has 0 heterocycles. The maximum atomic E-state index is 12.5. The maximum Gasteiger partial charge on any atom is 0.389 e. The third kappa shape index (κ3) is 12.4. The second kappa shape index (κ2) is 10.8. The van der Waals surface area contributed by atoms with E-state index in [0.717, 1.165) is 0 Å². The molecular weight excluding hydrogens is 395 g/mol. The number of hydrogen-bond donors (Lipinski definition) is 1. The molecule has 0 saturated carbocycles. The first-order chi connectivity index (χ1) is 12.0. The lowest BCUT2D eigenvalue weighted by Crippen LogP contribution is -2.46. The summed E-state index contributed by atoms with van der Waals surface area (Å²) in [6, 6.07) is -0.604. The molecule has 0 saturated heterocycles. The van der Waals surface area contributed by atoms with Crippen LogP contribution in [0.1, 0.15) is 60.8 Å². The van der Waals surface area contributed by atoms with Gasteiger partial charge in [0.25, 0.3) is 0 Å². The minimum Gasteiger partial charge on any atom is -0.598 e. The molecule has 0 aromatic rings. The van der Waals surface area contributed by atoms with E-state index in [0.29, 0.717) is 19.6 Å². The second-order valence-electron chi connectivity index (χ2n) is 9.39. The number of hydrogen-bond acceptors (Lipinski definition) is 4. The molecule has 0 rings (SSSR count). The summed E-state index contributed by atoms with van der Waals surface area (Å²) >= 11 is -1.44. The summed E-state index contributed by atoms with van der Waals surface area (Å²) in [6.07, 6.45) is -4.64. The van der Waals surface area contributed by atoms with Gasteiger partial charge in [0.05, 0.1) is 12.6 Å². The molecule has 0 aliphatic carbocycles. The highest BCUT2D eigenvalue weighted by Gasteiger charge is 2.37. The lowest BCUT2D eigenvalue weighted by Gasteiger charge is -2.36. The van der Waals surface area contributed by atoms with Gasteiger partial charge >= 0.3 is 6.18 Å². The summed E-state index contributed by atoms with van der Waals surface area (Å²) < 4.78 is 63.6. The summed E-state index contributed by atoms with van der Waals surface area (Å²) in [7, 11) is -1.80. The van der Waals surface area contributed by atoms with Crippen LogP contribution in [0.4, 0.5) is 13.2 Å². The normalized spacial score (nSPS) is 16.4. The van der Waals surface area contributed by atoms with E-state index in [1.807, 2.05) is 0 Å². The van der Waals surface area contributed by atoms with Gasteiger partial charge in [-0.1, -0.05) is 20.8 Å². The van der Waals surface area contributed by atoms with E-state index in [1.54, 1.807) is 20.8 Å². The van der Waals surface area contributed by atoms with Gasteiger partial charge in [-0.25, -0.2) is 0 Å². The first-order valence-electron chi connectivity index (χ1n) is 9.42. The molecule has 0 aliphatic rings. The smallest absolute Gasteiger partial charge is 0.389 e. The molecule has 0 bridgehead atoms. The fraction of sp³-hybridized carbons (Fsp3) is 1.00. The lowest BCUT2D eigenvalue weighted by molar-refractivity contribution is -0.137. The largest absolute Gasteiger partial charge is 0.598 e. The van der Waals surface area contributed by atoms with Crippen LogP contribution >= 0.6 is 0 Å². The zero-order chi connectivity index (χ0) is 21.5. The molecule has 0 aromatic carbocycles. The highest BCUT2D eigenvalue weighted by molar-refractivity contribution is 7.90. The molecule has 0 radical (unpaired) electrons. The Morgan fingerprint density at radius 3 is 2.04 bits per heavy atom. The Bertz CT molecular complexity index is 424. The van der Waals surface area contributed by atoms with Crippen molar-refractivity contribution in [3.05, 3.63) is 0 Å². The Hall–Kier alpha value is 0.197. The quantitative estimate of drug-likeness (QED) is 0.277. The standard InChI is InChI=1S/C18H38F3NO3SSi/c1-16(2,3)26(23)22-15(10-11-18(19,20)21)14-24-12-9-13-25-27(7,8)17(4,5)6/h15,22H,9-14H2,1-8H3/t15-,26+/m0/s1. The molecule has 0 aromatic heterocycles. The van der Waals surface area contributed by atoms with Crippen molar-refractivity contribution in [2.24, 2.45) is 0 Å². The molecule has 4 nitrogen and oxygen atoms in total. The van der Waals surface area contributed by atoms with Gasteiger partial charge in [-0.15, -0.1) is 4.72 Å². The van der Waals surface area contributed by atoms with E-state index in [4.69, 9.17) is 9.16 Å². The molecule has 0 fully saturated rings. The van der Waals surface area contributed by atoms with Crippen LogP contribution in [0.2, 0.25) is 18.1 Å². The zero-order valence-corrected chi connectivity index (χ0v) is 19.9. The molecule has 27 heavy (non-hydrogen) atoms. The first kappa shape index (κ1) is 27.2. The van der Waals surface area contributed by atoms with E-state index >= 15 is 0 Å². The summed E-state index contributed by atoms with van der Waals surface area (Å²) in [5, 5.41) is 0.136. The number of ether oxygens (including phenoxy) is 1. The fourth-order valence-electron chi connectivity index (χ4n) is 1.77. The molecular formula is C18H38F3NO3SSi. The van der Waals surface area contributed by atoms with Gasteiger partial charge in [-0.2, -0.15) is 13.2 Å². The van der Waals surface area contributed by atoms with Crippen molar-refractivity contribution in [1.29, 1.82) is 0 Å². The molecule has 164 valence electrons. The minimum atomic E-state index is -4.24. The van der Waals surface area contributed by atoms with Crippen molar-refractivity contribution in [3.63, 3.8) is 0 Å². The topological polar surface area (TPSA) is 53.5 Å². The van der Waals surface area contributed by atoms with Gasteiger partial charge < -0.3 is 13.7 Å². The monoisotopic (exact) mass is 433 g/mol. The van der Waals surface area contributed by atoms with Gasteiger partial charge in [0.1, 0.15) is 4.75 Å². The highest BCUT2D eigenvalue weighted by Crippen LogP contribution is 2.36. The maximum absolute atomic E-state index is 12.5. The summed E-state index contributed by atoms with van der Waals surface area (Å²) in [5.74, 6) is 0. The van der Waals surface area contributed by atoms with Crippen LogP contribution in [0.15, 0.2) is 0 Å². The van der Waals surface area contributed by atoms with Crippen LogP contribution in [0, 0.1) is 0 Å². The van der Waals surface area contributed by atoms with Crippen LogP contribution in [-0.4, -0.2) is 49.7 Å². The first-order valence-corrected chi connectivity index (χ1v) is 13.5. The van der Waals surface area contributed by atoms with Gasteiger partial charge in [0.15, 0.2) is 8.32 Å². The van der Waals surface area contributed by atoms with E-state index in [9.17, 15) is 17.7 Å². The number of alkyl halides is 3. The second-order valence-corrected chi connectivity index (χ2v) is 16.2. The Morgan fingerprint density at radius 2 is 1.59 bits per heavy atom. The Labute approximate surface area is 167 Å². The van der Waals surface area contributed by atoms with E-state index in [2.05, 4.69) is 38.6 Å². The lowest BCUT2D eigenvalue weighted by atomic mass is 10.2. The highest BCUT2D eigenvalue weighted by atomic mass is 32.2. The summed E-state index contributed by atoms with van der Waals surface area (Å²) in [5.41, 5.74) is 0. The fourth-order valence-corrected chi connectivity index (χ4v) is 3.70. The summed E-state index contributed by atoms with van der Waals surface area (Å²) in [4.78, 5) is 0. The molecule has 0 amide bonds. The number of rotatable bonds is 11. The molecule has 9 heteroatoms. The van der Waals surface area contributed by atoms with Crippen molar-refractivity contribution in [3.8, 4) is 0 Å². The van der Waals surface area contributed by atoms with E-state index in [-0.39, 0.29) is 18.1 Å². The van der Waals surface area contributed by atoms with Gasteiger partial charge in [0.2, 0.25) is 0 Å². The summed E-state index contributed by atoms with van der Waals surface area (Å²) in [6.45, 7) is 17.2. The van der Waals surface area contributed by atoms with Crippen LogP contribution in [0.25, 0.3) is 0 Å². The predicted molar refractivity (Wildman–Crippen MR) is 109 cm³/mol. The van der Waals surface area contributed by atoms with E-state index in [1.165, 1.54) is 0 Å². The third-order valence-electron chi connectivity index (χ3n) is 4.63. The Morgan fingerprint density at radius 1 is 1.04 bits per heavy atom. The predicted octanol–water partition coefficient (Wildman–Crippen LogP) is 5.18.